The van der Waals surface area contributed by atoms with Crippen LogP contribution in [0.3, 0.4) is 0 Å². The van der Waals surface area contributed by atoms with Gasteiger partial charge in [-0.1, -0.05) is 30.3 Å². The van der Waals surface area contributed by atoms with E-state index in [2.05, 4.69) is 31.7 Å². The average molecular weight is 484 g/mol. The van der Waals surface area contributed by atoms with Crippen molar-refractivity contribution in [1.29, 1.82) is 0 Å². The van der Waals surface area contributed by atoms with Gasteiger partial charge in [-0.3, -0.25) is 4.79 Å². The Morgan fingerprint density at radius 3 is 2.81 bits per heavy atom. The lowest BCUT2D eigenvalue weighted by molar-refractivity contribution is 0.583. The number of rotatable bonds is 7. The summed E-state index contributed by atoms with van der Waals surface area (Å²) in [6, 6.07) is 11.2. The molecule has 162 valence electrons. The third-order valence-corrected chi connectivity index (χ3v) is 6.99. The van der Waals surface area contributed by atoms with Crippen LogP contribution in [0.4, 0.5) is 0 Å². The SMILES string of the molecule is CCCn1c(SCc2nc3scc(-c4ccco4)c3c(=O)[nH]2)nnc1-c1ccc(Cl)cc1. The summed E-state index contributed by atoms with van der Waals surface area (Å²) in [7, 11) is 0. The zero-order valence-electron chi connectivity index (χ0n) is 17.0. The number of furan rings is 1. The highest BCUT2D eigenvalue weighted by atomic mass is 35.5. The largest absolute Gasteiger partial charge is 0.464 e. The summed E-state index contributed by atoms with van der Waals surface area (Å²) in [5, 5.41) is 12.7. The molecule has 0 amide bonds. The number of aromatic amines is 1. The lowest BCUT2D eigenvalue weighted by Gasteiger charge is -2.09. The van der Waals surface area contributed by atoms with Crippen LogP contribution < -0.4 is 5.56 Å². The number of nitrogens with zero attached hydrogens (tertiary/aromatic N) is 4. The fourth-order valence-electron chi connectivity index (χ4n) is 3.44. The van der Waals surface area contributed by atoms with E-state index in [1.807, 2.05) is 35.7 Å². The van der Waals surface area contributed by atoms with E-state index in [9.17, 15) is 4.79 Å². The van der Waals surface area contributed by atoms with E-state index in [4.69, 9.17) is 16.0 Å². The van der Waals surface area contributed by atoms with Gasteiger partial charge >= 0.3 is 0 Å². The smallest absolute Gasteiger partial charge is 0.260 e. The highest BCUT2D eigenvalue weighted by Gasteiger charge is 2.17. The molecule has 7 nitrogen and oxygen atoms in total. The molecule has 4 aromatic heterocycles. The van der Waals surface area contributed by atoms with Gasteiger partial charge in [0.1, 0.15) is 16.4 Å². The maximum Gasteiger partial charge on any atom is 0.260 e. The number of nitrogens with one attached hydrogen (secondary N) is 1. The second-order valence-corrected chi connectivity index (χ2v) is 9.31. The van der Waals surface area contributed by atoms with Crippen molar-refractivity contribution in [2.75, 3.05) is 0 Å². The van der Waals surface area contributed by atoms with Crippen molar-refractivity contribution >= 4 is 44.9 Å². The molecule has 0 aliphatic rings. The van der Waals surface area contributed by atoms with Crippen molar-refractivity contribution in [3.05, 3.63) is 69.2 Å². The van der Waals surface area contributed by atoms with Gasteiger partial charge in [-0.15, -0.1) is 21.5 Å². The molecule has 0 unspecified atom stereocenters. The number of H-pyrrole nitrogens is 1. The molecule has 1 aromatic carbocycles. The first kappa shape index (κ1) is 21.0. The minimum absolute atomic E-state index is 0.171. The van der Waals surface area contributed by atoms with Gasteiger partial charge in [-0.05, 0) is 42.8 Å². The van der Waals surface area contributed by atoms with E-state index in [1.165, 1.54) is 23.1 Å². The Morgan fingerprint density at radius 2 is 2.06 bits per heavy atom. The van der Waals surface area contributed by atoms with Gasteiger partial charge < -0.3 is 14.0 Å². The summed E-state index contributed by atoms with van der Waals surface area (Å²) in [6.07, 6.45) is 2.54. The minimum Gasteiger partial charge on any atom is -0.464 e. The molecular weight excluding hydrogens is 466 g/mol. The maximum atomic E-state index is 12.8. The summed E-state index contributed by atoms with van der Waals surface area (Å²) in [5.41, 5.74) is 1.55. The number of hydrogen-bond donors (Lipinski definition) is 1. The van der Waals surface area contributed by atoms with Crippen LogP contribution in [0.1, 0.15) is 19.2 Å². The second kappa shape index (κ2) is 8.93. The number of aromatic nitrogens is 5. The zero-order valence-corrected chi connectivity index (χ0v) is 19.4. The van der Waals surface area contributed by atoms with Crippen LogP contribution >= 0.6 is 34.7 Å². The Morgan fingerprint density at radius 1 is 1.22 bits per heavy atom. The second-order valence-electron chi connectivity index (χ2n) is 7.07. The molecule has 4 heterocycles. The van der Waals surface area contributed by atoms with E-state index < -0.39 is 0 Å². The molecule has 0 spiro atoms. The Bertz CT molecular complexity index is 1420. The minimum atomic E-state index is -0.171. The quantitative estimate of drug-likeness (QED) is 0.292. The monoisotopic (exact) mass is 483 g/mol. The molecule has 0 radical (unpaired) electrons. The zero-order chi connectivity index (χ0) is 22.1. The van der Waals surface area contributed by atoms with Gasteiger partial charge in [0.25, 0.3) is 5.56 Å². The fourth-order valence-corrected chi connectivity index (χ4v) is 5.35. The van der Waals surface area contributed by atoms with Gasteiger partial charge in [0.2, 0.25) is 0 Å². The van der Waals surface area contributed by atoms with Crippen molar-refractivity contribution in [2.24, 2.45) is 0 Å². The number of benzene rings is 1. The van der Waals surface area contributed by atoms with Crippen LogP contribution in [0.25, 0.3) is 32.9 Å². The molecule has 32 heavy (non-hydrogen) atoms. The van der Waals surface area contributed by atoms with Crippen LogP contribution in [-0.2, 0) is 12.3 Å². The Hall–Kier alpha value is -2.88. The molecule has 0 atom stereocenters. The highest BCUT2D eigenvalue weighted by molar-refractivity contribution is 7.98. The first-order valence-electron chi connectivity index (χ1n) is 10.00. The number of halogens is 1. The molecule has 0 saturated heterocycles. The van der Waals surface area contributed by atoms with Gasteiger partial charge in [0, 0.05) is 28.1 Å². The molecule has 0 fully saturated rings. The molecule has 0 aliphatic heterocycles. The van der Waals surface area contributed by atoms with E-state index in [1.54, 1.807) is 12.3 Å². The van der Waals surface area contributed by atoms with Crippen molar-refractivity contribution in [3.8, 4) is 22.7 Å². The van der Waals surface area contributed by atoms with Crippen molar-refractivity contribution < 1.29 is 4.42 Å². The maximum absolute atomic E-state index is 12.8. The number of hydrogen-bond acceptors (Lipinski definition) is 7. The Balaban J connectivity index is 1.42. The number of fused-ring (bicyclic) bond motifs is 1. The molecule has 0 saturated carbocycles. The van der Waals surface area contributed by atoms with E-state index in [0.717, 1.165) is 35.1 Å². The first-order chi connectivity index (χ1) is 15.6. The normalized spacial score (nSPS) is 11.4. The van der Waals surface area contributed by atoms with Gasteiger partial charge in [-0.25, -0.2) is 4.98 Å². The van der Waals surface area contributed by atoms with E-state index >= 15 is 0 Å². The summed E-state index contributed by atoms with van der Waals surface area (Å²) in [4.78, 5) is 21.0. The molecule has 0 bridgehead atoms. The third kappa shape index (κ3) is 3.99. The third-order valence-electron chi connectivity index (χ3n) is 4.88. The summed E-state index contributed by atoms with van der Waals surface area (Å²) >= 11 is 8.95. The standard InChI is InChI=1S/C22H18ClN5O2S2/c1-2-9-28-19(13-5-7-14(23)8-6-13)26-27-22(28)32-12-17-24-20(29)18-15(11-31-21(18)25-17)16-4-3-10-30-16/h3-8,10-11H,2,9,12H2,1H3,(H,24,25,29). The molecule has 0 aliphatic carbocycles. The number of thioether (sulfide) groups is 1. The average Bonchev–Trinajstić information content (AvgIpc) is 3.53. The van der Waals surface area contributed by atoms with Crippen molar-refractivity contribution in [3.63, 3.8) is 0 Å². The van der Waals surface area contributed by atoms with Gasteiger partial charge in [0.05, 0.1) is 17.4 Å². The topological polar surface area (TPSA) is 89.6 Å². The van der Waals surface area contributed by atoms with Crippen LogP contribution in [0.15, 0.2) is 62.4 Å². The van der Waals surface area contributed by atoms with E-state index in [-0.39, 0.29) is 5.56 Å². The van der Waals surface area contributed by atoms with Crippen LogP contribution in [0.5, 0.6) is 0 Å². The summed E-state index contributed by atoms with van der Waals surface area (Å²) in [6.45, 7) is 2.90. The molecule has 10 heteroatoms. The van der Waals surface area contributed by atoms with Crippen molar-refractivity contribution in [1.82, 2.24) is 24.7 Å². The molecular formula is C22H18ClN5O2S2. The highest BCUT2D eigenvalue weighted by Crippen LogP contribution is 2.32. The van der Waals surface area contributed by atoms with Gasteiger partial charge in [0.15, 0.2) is 11.0 Å². The molecule has 1 N–H and O–H groups in total. The van der Waals surface area contributed by atoms with Crippen LogP contribution in [-0.4, -0.2) is 24.7 Å². The Kier molecular flexibility index (Phi) is 5.86. The fraction of sp³-hybridized carbons (Fsp3) is 0.182. The lowest BCUT2D eigenvalue weighted by Crippen LogP contribution is -2.11. The predicted molar refractivity (Wildman–Crippen MR) is 128 cm³/mol. The molecule has 5 rings (SSSR count). The summed E-state index contributed by atoms with van der Waals surface area (Å²) in [5.74, 6) is 2.53. The molecule has 5 aromatic rings. The van der Waals surface area contributed by atoms with Gasteiger partial charge in [-0.2, -0.15) is 0 Å². The first-order valence-corrected chi connectivity index (χ1v) is 12.2. The van der Waals surface area contributed by atoms with Crippen LogP contribution in [0, 0.1) is 0 Å². The lowest BCUT2D eigenvalue weighted by atomic mass is 10.2. The van der Waals surface area contributed by atoms with Crippen LogP contribution in [0.2, 0.25) is 5.02 Å². The Labute approximate surface area is 196 Å². The van der Waals surface area contributed by atoms with E-state index in [0.29, 0.717) is 32.6 Å². The summed E-state index contributed by atoms with van der Waals surface area (Å²) < 4.78 is 7.54. The predicted octanol–water partition coefficient (Wildman–Crippen LogP) is 5.86. The number of thiophene rings is 1. The van der Waals surface area contributed by atoms with Crippen molar-refractivity contribution in [2.45, 2.75) is 30.8 Å².